The number of nitrogens with two attached hydrogens (primary N) is 1. The van der Waals surface area contributed by atoms with Gasteiger partial charge in [0.1, 0.15) is 5.82 Å². The zero-order valence-electron chi connectivity index (χ0n) is 22.9. The number of nitrogens with one attached hydrogen (secondary N) is 1. The summed E-state index contributed by atoms with van der Waals surface area (Å²) in [6.07, 6.45) is 5.24. The Kier molecular flexibility index (Phi) is 9.29. The molecular weight excluding hydrogens is 505 g/mol. The Morgan fingerprint density at radius 3 is 2.33 bits per heavy atom. The van der Waals surface area contributed by atoms with Crippen molar-refractivity contribution in [2.24, 2.45) is 5.73 Å². The summed E-state index contributed by atoms with van der Waals surface area (Å²) in [4.78, 5) is 18.1. The number of benzene rings is 3. The van der Waals surface area contributed by atoms with Crippen LogP contribution in [0, 0.1) is 5.82 Å². The highest BCUT2D eigenvalue weighted by Crippen LogP contribution is 2.24. The summed E-state index contributed by atoms with van der Waals surface area (Å²) < 4.78 is 20.4. The summed E-state index contributed by atoms with van der Waals surface area (Å²) in [6, 6.07) is 24.1. The average molecular weight is 544 g/mol. The minimum Gasteiger partial charge on any atom is -0.450 e. The van der Waals surface area contributed by atoms with Crippen LogP contribution in [0.5, 0.6) is 0 Å². The fourth-order valence-electron chi connectivity index (χ4n) is 5.37. The number of ether oxygens (including phenoxy) is 1. The van der Waals surface area contributed by atoms with Gasteiger partial charge in [-0.3, -0.25) is 0 Å². The second-order valence-electron chi connectivity index (χ2n) is 10.6. The van der Waals surface area contributed by atoms with Crippen molar-refractivity contribution < 1.29 is 13.9 Å². The lowest BCUT2D eigenvalue weighted by molar-refractivity contribution is 0.154. The van der Waals surface area contributed by atoms with Crippen molar-refractivity contribution in [2.45, 2.75) is 51.1 Å². The number of aryl methyl sites for hydroxylation is 1. The van der Waals surface area contributed by atoms with E-state index in [9.17, 15) is 9.18 Å². The minimum atomic E-state index is -0.704. The molecule has 0 unspecified atom stereocenters. The molecule has 0 bridgehead atoms. The number of hydrogen-bond acceptors (Lipinski definition) is 5. The van der Waals surface area contributed by atoms with Crippen LogP contribution in [0.4, 0.5) is 15.1 Å². The van der Waals surface area contributed by atoms with E-state index in [4.69, 9.17) is 15.5 Å². The van der Waals surface area contributed by atoms with Crippen molar-refractivity contribution in [3.8, 4) is 0 Å². The zero-order valence-corrected chi connectivity index (χ0v) is 22.9. The predicted octanol–water partition coefficient (Wildman–Crippen LogP) is 5.76. The maximum Gasteiger partial charge on any atom is 0.404 e. The van der Waals surface area contributed by atoms with Gasteiger partial charge >= 0.3 is 6.09 Å². The van der Waals surface area contributed by atoms with E-state index in [2.05, 4.69) is 45.1 Å². The van der Waals surface area contributed by atoms with Crippen LogP contribution in [-0.4, -0.2) is 52.8 Å². The summed E-state index contributed by atoms with van der Waals surface area (Å²) in [5.41, 5.74) is 10.7. The number of para-hydroxylation sites is 2. The molecule has 1 amide bonds. The summed E-state index contributed by atoms with van der Waals surface area (Å²) in [5.74, 6) is 0.659. The van der Waals surface area contributed by atoms with Crippen LogP contribution in [0.25, 0.3) is 11.0 Å². The molecule has 1 fully saturated rings. The van der Waals surface area contributed by atoms with Gasteiger partial charge in [-0.1, -0.05) is 48.5 Å². The van der Waals surface area contributed by atoms with Crippen LogP contribution in [0.15, 0.2) is 72.8 Å². The summed E-state index contributed by atoms with van der Waals surface area (Å²) in [6.45, 7) is 4.20. The van der Waals surface area contributed by atoms with Crippen LogP contribution in [0.1, 0.15) is 42.4 Å². The number of likely N-dealkylation sites (tertiary alicyclic amines) is 1. The van der Waals surface area contributed by atoms with Crippen molar-refractivity contribution in [1.82, 2.24) is 14.5 Å². The molecule has 0 aliphatic carbocycles. The third-order valence-corrected chi connectivity index (χ3v) is 7.67. The topological polar surface area (TPSA) is 85.4 Å². The second kappa shape index (κ2) is 13.4. The zero-order chi connectivity index (χ0) is 27.7. The molecule has 210 valence electrons. The number of unbranched alkanes of at least 4 members (excludes halogenated alkanes) is 1. The van der Waals surface area contributed by atoms with Gasteiger partial charge < -0.3 is 25.3 Å². The fraction of sp³-hybridized carbons (Fsp3) is 0.375. The number of aromatic nitrogens is 2. The van der Waals surface area contributed by atoms with E-state index in [0.717, 1.165) is 80.7 Å². The van der Waals surface area contributed by atoms with Crippen LogP contribution in [0.3, 0.4) is 0 Å². The van der Waals surface area contributed by atoms with Gasteiger partial charge in [0.05, 0.1) is 24.2 Å². The molecule has 0 atom stereocenters. The van der Waals surface area contributed by atoms with Crippen LogP contribution >= 0.6 is 0 Å². The van der Waals surface area contributed by atoms with Crippen molar-refractivity contribution in [2.75, 3.05) is 31.6 Å². The molecule has 8 heteroatoms. The lowest BCUT2D eigenvalue weighted by Crippen LogP contribution is -2.40. The molecule has 1 aromatic heterocycles. The van der Waals surface area contributed by atoms with Crippen molar-refractivity contribution in [3.63, 3.8) is 0 Å². The third kappa shape index (κ3) is 7.60. The minimum absolute atomic E-state index is 0.220. The van der Waals surface area contributed by atoms with Gasteiger partial charge in [-0.2, -0.15) is 0 Å². The van der Waals surface area contributed by atoms with E-state index in [-0.39, 0.29) is 5.82 Å². The standard InChI is InChI=1S/C32H38FN5O2/c33-27-14-12-26(13-15-27)23-38-30-7-2-1-6-29(30)36-32(38)35-28-17-20-37(21-18-28)19-16-25-10-8-24(9-11-25)5-3-4-22-40-31(34)39/h1-2,6-15,28H,3-5,16-23H2,(H2,34,39)(H,35,36). The molecule has 7 nitrogen and oxygen atoms in total. The lowest BCUT2D eigenvalue weighted by atomic mass is 10.0. The van der Waals surface area contributed by atoms with Gasteiger partial charge in [-0.05, 0) is 79.5 Å². The number of nitrogens with zero attached hydrogens (tertiary/aromatic N) is 3. The predicted molar refractivity (Wildman–Crippen MR) is 157 cm³/mol. The number of rotatable bonds is 12. The monoisotopic (exact) mass is 543 g/mol. The fourth-order valence-corrected chi connectivity index (χ4v) is 5.37. The molecule has 0 saturated carbocycles. The number of anilines is 1. The number of fused-ring (bicyclic) bond motifs is 1. The number of hydrogen-bond donors (Lipinski definition) is 2. The van der Waals surface area contributed by atoms with E-state index in [1.165, 1.54) is 23.3 Å². The highest BCUT2D eigenvalue weighted by atomic mass is 19.1. The Hall–Kier alpha value is -3.91. The molecule has 5 rings (SSSR count). The van der Waals surface area contributed by atoms with E-state index in [0.29, 0.717) is 19.2 Å². The van der Waals surface area contributed by atoms with E-state index >= 15 is 0 Å². The average Bonchev–Trinajstić information content (AvgIpc) is 3.30. The maximum atomic E-state index is 13.4. The quantitative estimate of drug-likeness (QED) is 0.222. The van der Waals surface area contributed by atoms with Crippen molar-refractivity contribution in [3.05, 3.63) is 95.3 Å². The molecule has 1 aliphatic rings. The number of piperidine rings is 1. The number of carbonyl (C=O) groups is 1. The highest BCUT2D eigenvalue weighted by Gasteiger charge is 2.21. The molecule has 0 spiro atoms. The largest absolute Gasteiger partial charge is 0.450 e. The first-order chi connectivity index (χ1) is 19.5. The first kappa shape index (κ1) is 27.6. The highest BCUT2D eigenvalue weighted by molar-refractivity contribution is 5.78. The Balaban J connectivity index is 1.09. The number of primary amides is 1. The molecule has 40 heavy (non-hydrogen) atoms. The summed E-state index contributed by atoms with van der Waals surface area (Å²) >= 11 is 0. The number of halogens is 1. The summed E-state index contributed by atoms with van der Waals surface area (Å²) in [5, 5.41) is 3.72. The first-order valence-corrected chi connectivity index (χ1v) is 14.2. The normalized spacial score (nSPS) is 14.4. The van der Waals surface area contributed by atoms with Gasteiger partial charge in [0.15, 0.2) is 0 Å². The van der Waals surface area contributed by atoms with Gasteiger partial charge in [0.2, 0.25) is 5.95 Å². The molecule has 1 aliphatic heterocycles. The Bertz CT molecular complexity index is 1380. The molecule has 3 aromatic carbocycles. The van der Waals surface area contributed by atoms with Gasteiger partial charge in [-0.25, -0.2) is 14.2 Å². The van der Waals surface area contributed by atoms with Gasteiger partial charge in [0, 0.05) is 25.7 Å². The third-order valence-electron chi connectivity index (χ3n) is 7.67. The van der Waals surface area contributed by atoms with Gasteiger partial charge in [0.25, 0.3) is 0 Å². The SMILES string of the molecule is NC(=O)OCCCCc1ccc(CCN2CCC(Nc3nc4ccccc4n3Cc3ccc(F)cc3)CC2)cc1. The lowest BCUT2D eigenvalue weighted by Gasteiger charge is -2.32. The first-order valence-electron chi connectivity index (χ1n) is 14.2. The molecular formula is C32H38FN5O2. The Morgan fingerprint density at radius 2 is 1.60 bits per heavy atom. The van der Waals surface area contributed by atoms with Gasteiger partial charge in [-0.15, -0.1) is 0 Å². The second-order valence-corrected chi connectivity index (χ2v) is 10.6. The number of amides is 1. The maximum absolute atomic E-state index is 13.4. The summed E-state index contributed by atoms with van der Waals surface area (Å²) in [7, 11) is 0. The van der Waals surface area contributed by atoms with Crippen molar-refractivity contribution in [1.29, 1.82) is 0 Å². The number of carbonyl (C=O) groups excluding carboxylic acids is 1. The van der Waals surface area contributed by atoms with E-state index in [1.54, 1.807) is 0 Å². The molecule has 1 saturated heterocycles. The van der Waals surface area contributed by atoms with Crippen LogP contribution in [-0.2, 0) is 24.1 Å². The smallest absolute Gasteiger partial charge is 0.404 e. The van der Waals surface area contributed by atoms with Crippen molar-refractivity contribution >= 4 is 23.1 Å². The molecule has 3 N–H and O–H groups in total. The van der Waals surface area contributed by atoms with Crippen LogP contribution < -0.4 is 11.1 Å². The van der Waals surface area contributed by atoms with E-state index < -0.39 is 6.09 Å². The Labute approximate surface area is 235 Å². The molecule has 0 radical (unpaired) electrons. The van der Waals surface area contributed by atoms with E-state index in [1.807, 2.05) is 30.3 Å². The Morgan fingerprint density at radius 1 is 0.925 bits per heavy atom. The van der Waals surface area contributed by atoms with Crippen LogP contribution in [0.2, 0.25) is 0 Å². The molecule has 2 heterocycles. The number of imidazole rings is 1. The molecule has 4 aromatic rings.